The molecule has 1 N–H and O–H groups in total. The van der Waals surface area contributed by atoms with Crippen molar-refractivity contribution in [2.45, 2.75) is 59.5 Å². The summed E-state index contributed by atoms with van der Waals surface area (Å²) >= 11 is 0. The fraction of sp³-hybridized carbons (Fsp3) is 0.391. The molecule has 3 aromatic heterocycles. The van der Waals surface area contributed by atoms with Crippen molar-refractivity contribution >= 4 is 11.2 Å². The number of aryl methyl sites for hydroxylation is 1. The highest BCUT2D eigenvalue weighted by molar-refractivity contribution is 5.76. The summed E-state index contributed by atoms with van der Waals surface area (Å²) in [6.07, 6.45) is 5.01. The fourth-order valence-electron chi connectivity index (χ4n) is 3.98. The third-order valence-corrected chi connectivity index (χ3v) is 5.37. The highest BCUT2D eigenvalue weighted by Gasteiger charge is 2.21. The number of hydrogen-bond acceptors (Lipinski definition) is 4. The Morgan fingerprint density at radius 3 is 2.32 bits per heavy atom. The minimum absolute atomic E-state index is 0.298. The van der Waals surface area contributed by atoms with Crippen molar-refractivity contribution < 1.29 is 0 Å². The van der Waals surface area contributed by atoms with Crippen LogP contribution in [0.5, 0.6) is 0 Å². The standard InChI is InChI=1S/C23H28N6O2/c1-4-10-18-17(15-24-29(18)16-11-8-7-9-12-16)20-25-19-21(26-20)27(13-5-2)23(31)28(14-6-3)22(19)30/h7-9,11-12,15H,4-6,10,13-14H2,1-3H3,(H,25,26). The molecule has 3 heterocycles. The molecule has 0 aliphatic rings. The van der Waals surface area contributed by atoms with Gasteiger partial charge in [0.15, 0.2) is 5.65 Å². The highest BCUT2D eigenvalue weighted by atomic mass is 16.2. The van der Waals surface area contributed by atoms with E-state index in [1.54, 1.807) is 10.8 Å². The second-order valence-electron chi connectivity index (χ2n) is 7.68. The molecule has 4 rings (SSSR count). The smallest absolute Gasteiger partial charge is 0.332 e. The van der Waals surface area contributed by atoms with Crippen molar-refractivity contribution in [2.24, 2.45) is 0 Å². The molecule has 0 fully saturated rings. The predicted molar refractivity (Wildman–Crippen MR) is 122 cm³/mol. The average Bonchev–Trinajstić information content (AvgIpc) is 3.40. The van der Waals surface area contributed by atoms with Gasteiger partial charge in [-0.3, -0.25) is 13.9 Å². The Bertz CT molecular complexity index is 1310. The summed E-state index contributed by atoms with van der Waals surface area (Å²) in [5.41, 5.74) is 3.00. The van der Waals surface area contributed by atoms with Crippen LogP contribution in [0, 0.1) is 0 Å². The quantitative estimate of drug-likeness (QED) is 0.472. The van der Waals surface area contributed by atoms with Gasteiger partial charge in [-0.05, 0) is 31.4 Å². The minimum Gasteiger partial charge on any atom is -0.332 e. The van der Waals surface area contributed by atoms with E-state index < -0.39 is 0 Å². The summed E-state index contributed by atoms with van der Waals surface area (Å²) in [7, 11) is 0. The largest absolute Gasteiger partial charge is 0.332 e. The number of hydrogen-bond donors (Lipinski definition) is 1. The molecule has 4 aromatic rings. The van der Waals surface area contributed by atoms with Crippen LogP contribution in [-0.2, 0) is 19.5 Å². The number of aromatic nitrogens is 6. The van der Waals surface area contributed by atoms with Crippen molar-refractivity contribution in [1.82, 2.24) is 28.9 Å². The zero-order valence-corrected chi connectivity index (χ0v) is 18.3. The number of imidazole rings is 1. The number of H-pyrrole nitrogens is 1. The normalized spacial score (nSPS) is 11.5. The van der Waals surface area contributed by atoms with E-state index >= 15 is 0 Å². The summed E-state index contributed by atoms with van der Waals surface area (Å²) < 4.78 is 4.83. The molecule has 0 aliphatic heterocycles. The maximum absolute atomic E-state index is 13.0. The molecule has 0 aliphatic carbocycles. The number of nitrogens with one attached hydrogen (secondary N) is 1. The van der Waals surface area contributed by atoms with Gasteiger partial charge in [0.25, 0.3) is 5.56 Å². The number of fused-ring (bicyclic) bond motifs is 1. The molecule has 0 saturated carbocycles. The van der Waals surface area contributed by atoms with E-state index in [0.717, 1.165) is 36.2 Å². The molecule has 1 aromatic carbocycles. The SMILES string of the molecule is CCCc1c(-c2nc3c([nH]2)c(=O)n(CCC)c(=O)n3CCC)cnn1-c1ccccc1. The topological polar surface area (TPSA) is 90.5 Å². The van der Waals surface area contributed by atoms with Gasteiger partial charge in [0, 0.05) is 13.1 Å². The van der Waals surface area contributed by atoms with E-state index in [-0.39, 0.29) is 11.2 Å². The zero-order valence-electron chi connectivity index (χ0n) is 18.3. The molecular formula is C23H28N6O2. The lowest BCUT2D eigenvalue weighted by Crippen LogP contribution is -2.40. The Morgan fingerprint density at radius 2 is 1.65 bits per heavy atom. The van der Waals surface area contributed by atoms with Crippen LogP contribution in [0.1, 0.15) is 45.7 Å². The van der Waals surface area contributed by atoms with Crippen molar-refractivity contribution in [2.75, 3.05) is 0 Å². The first-order chi connectivity index (χ1) is 15.1. The van der Waals surface area contributed by atoms with E-state index in [2.05, 4.69) is 17.0 Å². The molecule has 0 saturated heterocycles. The first-order valence-electron chi connectivity index (χ1n) is 11.0. The van der Waals surface area contributed by atoms with E-state index in [0.29, 0.717) is 36.5 Å². The third-order valence-electron chi connectivity index (χ3n) is 5.37. The summed E-state index contributed by atoms with van der Waals surface area (Å²) in [6.45, 7) is 6.97. The van der Waals surface area contributed by atoms with Crippen LogP contribution in [-0.4, -0.2) is 28.9 Å². The lowest BCUT2D eigenvalue weighted by molar-refractivity contribution is 0.555. The van der Waals surface area contributed by atoms with Gasteiger partial charge < -0.3 is 4.98 Å². The van der Waals surface area contributed by atoms with Crippen LogP contribution in [0.15, 0.2) is 46.1 Å². The number of aromatic amines is 1. The van der Waals surface area contributed by atoms with Gasteiger partial charge in [0.1, 0.15) is 11.3 Å². The first kappa shape index (κ1) is 20.8. The van der Waals surface area contributed by atoms with E-state index in [1.807, 2.05) is 48.9 Å². The minimum atomic E-state index is -0.319. The van der Waals surface area contributed by atoms with Gasteiger partial charge in [-0.2, -0.15) is 5.10 Å². The molecule has 162 valence electrons. The summed E-state index contributed by atoms with van der Waals surface area (Å²) in [6, 6.07) is 9.95. The molecule has 0 bridgehead atoms. The van der Waals surface area contributed by atoms with Crippen molar-refractivity contribution in [3.8, 4) is 17.1 Å². The van der Waals surface area contributed by atoms with Crippen molar-refractivity contribution in [3.63, 3.8) is 0 Å². The zero-order chi connectivity index (χ0) is 22.0. The monoisotopic (exact) mass is 420 g/mol. The van der Waals surface area contributed by atoms with Gasteiger partial charge in [0.2, 0.25) is 0 Å². The maximum atomic E-state index is 13.0. The van der Waals surface area contributed by atoms with Crippen molar-refractivity contribution in [1.29, 1.82) is 0 Å². The number of nitrogens with zero attached hydrogens (tertiary/aromatic N) is 5. The molecular weight excluding hydrogens is 392 g/mol. The van der Waals surface area contributed by atoms with Gasteiger partial charge in [-0.25, -0.2) is 14.5 Å². The summed E-state index contributed by atoms with van der Waals surface area (Å²) in [4.78, 5) is 33.9. The fourth-order valence-corrected chi connectivity index (χ4v) is 3.98. The molecule has 0 atom stereocenters. The Kier molecular flexibility index (Phi) is 5.88. The van der Waals surface area contributed by atoms with E-state index in [1.165, 1.54) is 4.57 Å². The number of para-hydroxylation sites is 1. The van der Waals surface area contributed by atoms with Crippen LogP contribution in [0.2, 0.25) is 0 Å². The van der Waals surface area contributed by atoms with Crippen molar-refractivity contribution in [3.05, 3.63) is 63.1 Å². The molecule has 0 spiro atoms. The Morgan fingerprint density at radius 1 is 0.935 bits per heavy atom. The molecule has 0 amide bonds. The summed E-state index contributed by atoms with van der Waals surface area (Å²) in [5, 5.41) is 4.60. The lowest BCUT2D eigenvalue weighted by Gasteiger charge is -2.09. The molecule has 8 heteroatoms. The maximum Gasteiger partial charge on any atom is 0.332 e. The van der Waals surface area contributed by atoms with Crippen LogP contribution in [0.3, 0.4) is 0 Å². The predicted octanol–water partition coefficient (Wildman–Crippen LogP) is 3.51. The first-order valence-corrected chi connectivity index (χ1v) is 11.0. The lowest BCUT2D eigenvalue weighted by atomic mass is 10.1. The Balaban J connectivity index is 1.95. The molecule has 0 unspecified atom stereocenters. The van der Waals surface area contributed by atoms with Gasteiger partial charge in [-0.15, -0.1) is 0 Å². The van der Waals surface area contributed by atoms with Gasteiger partial charge >= 0.3 is 5.69 Å². The van der Waals surface area contributed by atoms with Crippen LogP contribution in [0.25, 0.3) is 28.2 Å². The Hall–Kier alpha value is -3.42. The van der Waals surface area contributed by atoms with E-state index in [4.69, 9.17) is 4.98 Å². The number of benzene rings is 1. The van der Waals surface area contributed by atoms with Crippen LogP contribution < -0.4 is 11.2 Å². The molecule has 31 heavy (non-hydrogen) atoms. The second kappa shape index (κ2) is 8.75. The van der Waals surface area contributed by atoms with Gasteiger partial charge in [0.05, 0.1) is 23.1 Å². The second-order valence-corrected chi connectivity index (χ2v) is 7.68. The molecule has 0 radical (unpaired) electrons. The van der Waals surface area contributed by atoms with Crippen LogP contribution >= 0.6 is 0 Å². The van der Waals surface area contributed by atoms with E-state index in [9.17, 15) is 9.59 Å². The number of rotatable bonds is 8. The third kappa shape index (κ3) is 3.62. The average molecular weight is 421 g/mol. The summed E-state index contributed by atoms with van der Waals surface area (Å²) in [5.74, 6) is 0.566. The van der Waals surface area contributed by atoms with Gasteiger partial charge in [-0.1, -0.05) is 45.4 Å². The highest BCUT2D eigenvalue weighted by Crippen LogP contribution is 2.26. The Labute approximate surface area is 180 Å². The van der Waals surface area contributed by atoms with Crippen LogP contribution in [0.4, 0.5) is 0 Å². The molecule has 8 nitrogen and oxygen atoms in total.